The number of carbonyl (C=O) groups is 3. The topological polar surface area (TPSA) is 187 Å². The third-order valence-electron chi connectivity index (χ3n) is 7.78. The van der Waals surface area contributed by atoms with E-state index in [9.17, 15) is 34.8 Å². The second-order valence-corrected chi connectivity index (χ2v) is 9.85. The van der Waals surface area contributed by atoms with Crippen LogP contribution in [0.3, 0.4) is 0 Å². The zero-order valence-electron chi connectivity index (χ0n) is 19.6. The molecule has 1 aromatic carbocycles. The van der Waals surface area contributed by atoms with Gasteiger partial charge in [0.25, 0.3) is 0 Å². The van der Waals surface area contributed by atoms with E-state index >= 15 is 0 Å². The first-order valence-corrected chi connectivity index (χ1v) is 11.5. The highest BCUT2D eigenvalue weighted by molar-refractivity contribution is 6.16. The van der Waals surface area contributed by atoms with Crippen molar-refractivity contribution in [1.29, 1.82) is 0 Å². The summed E-state index contributed by atoms with van der Waals surface area (Å²) in [6, 6.07) is 3.66. The number of allylic oxidation sites excluding steroid dienone is 1. The fraction of sp³-hybridized carbons (Fsp3) is 0.400. The number of carbonyl (C=O) groups excluding carboxylic acids is 3. The average molecular weight is 495 g/mol. The molecule has 2 aromatic rings. The van der Waals surface area contributed by atoms with Gasteiger partial charge in [0.1, 0.15) is 17.4 Å². The number of rotatable bonds is 3. The highest BCUT2D eigenvalue weighted by Crippen LogP contribution is 2.53. The Hall–Kier alpha value is -3.67. The number of aliphatic hydroxyl groups is 3. The number of amides is 1. The van der Waals surface area contributed by atoms with Crippen LogP contribution >= 0.6 is 0 Å². The molecule has 188 valence electrons. The summed E-state index contributed by atoms with van der Waals surface area (Å²) in [4.78, 5) is 49.2. The van der Waals surface area contributed by atoms with Crippen LogP contribution in [0, 0.1) is 17.8 Å². The van der Waals surface area contributed by atoms with Crippen molar-refractivity contribution in [3.8, 4) is 17.1 Å². The molecule has 11 nitrogen and oxygen atoms in total. The summed E-state index contributed by atoms with van der Waals surface area (Å²) in [6.07, 6.45) is 1.81. The number of fused-ring (bicyclic) bond motifs is 3. The molecule has 3 aliphatic carbocycles. The van der Waals surface area contributed by atoms with Crippen LogP contribution in [-0.4, -0.2) is 84.6 Å². The molecule has 1 amide bonds. The first-order chi connectivity index (χ1) is 17.0. The summed E-state index contributed by atoms with van der Waals surface area (Å²) in [5.41, 5.74) is 3.53. The smallest absolute Gasteiger partial charge is 0.230 e. The van der Waals surface area contributed by atoms with E-state index in [1.807, 2.05) is 0 Å². The molecule has 0 spiro atoms. The normalized spacial score (nSPS) is 31.6. The SMILES string of the molecule is CN(C)[C@@H]1C(O)C(C(N)=O)C(=O)[C@@]2(O)C(O)=C3C(=O)c4c(O)ccc(-c5ncccn5)c4C[C@H]3C[C@@H]12. The van der Waals surface area contributed by atoms with E-state index < -0.39 is 58.7 Å². The molecule has 0 bridgehead atoms. The number of Topliss-reactive ketones (excluding diaryl/α,β-unsaturated/α-hetero) is 2. The molecule has 1 heterocycles. The monoisotopic (exact) mass is 494 g/mol. The van der Waals surface area contributed by atoms with E-state index in [0.717, 1.165) is 0 Å². The predicted octanol–water partition coefficient (Wildman–Crippen LogP) is -0.257. The van der Waals surface area contributed by atoms with Gasteiger partial charge in [-0.1, -0.05) is 0 Å². The first-order valence-electron chi connectivity index (χ1n) is 11.5. The van der Waals surface area contributed by atoms with E-state index in [4.69, 9.17) is 5.73 Å². The maximum absolute atomic E-state index is 13.7. The van der Waals surface area contributed by atoms with Crippen LogP contribution in [-0.2, 0) is 16.0 Å². The minimum atomic E-state index is -2.61. The summed E-state index contributed by atoms with van der Waals surface area (Å²) < 4.78 is 0. The number of ketones is 2. The van der Waals surface area contributed by atoms with Crippen LogP contribution < -0.4 is 5.73 Å². The number of aromatic hydroxyl groups is 1. The summed E-state index contributed by atoms with van der Waals surface area (Å²) >= 11 is 0. The molecule has 5 rings (SSSR count). The van der Waals surface area contributed by atoms with Crippen molar-refractivity contribution >= 4 is 17.5 Å². The Balaban J connectivity index is 1.72. The third-order valence-corrected chi connectivity index (χ3v) is 7.78. The number of likely N-dealkylation sites (N-methyl/N-ethyl adjacent to an activating group) is 1. The van der Waals surface area contributed by atoms with E-state index in [1.54, 1.807) is 43.5 Å². The number of primary amides is 1. The number of phenols is 1. The summed E-state index contributed by atoms with van der Waals surface area (Å²) in [7, 11) is 3.23. The van der Waals surface area contributed by atoms with Crippen LogP contribution in [0.2, 0.25) is 0 Å². The lowest BCUT2D eigenvalue weighted by molar-refractivity contribution is -0.178. The molecule has 1 fully saturated rings. The second kappa shape index (κ2) is 8.19. The Kier molecular flexibility index (Phi) is 5.47. The van der Waals surface area contributed by atoms with Crippen LogP contribution in [0.15, 0.2) is 41.9 Å². The minimum absolute atomic E-state index is 0.0446. The fourth-order valence-corrected chi connectivity index (χ4v) is 6.25. The maximum atomic E-state index is 13.7. The summed E-state index contributed by atoms with van der Waals surface area (Å²) in [5, 5.41) is 44.5. The Morgan fingerprint density at radius 3 is 2.44 bits per heavy atom. The van der Waals surface area contributed by atoms with Gasteiger partial charge in [0.15, 0.2) is 23.0 Å². The van der Waals surface area contributed by atoms with Gasteiger partial charge in [0.05, 0.1) is 11.7 Å². The maximum Gasteiger partial charge on any atom is 0.230 e. The van der Waals surface area contributed by atoms with Crippen LogP contribution in [0.1, 0.15) is 22.3 Å². The number of aliphatic hydroxyl groups excluding tert-OH is 2. The van der Waals surface area contributed by atoms with Gasteiger partial charge in [0.2, 0.25) is 5.91 Å². The number of nitrogens with zero attached hydrogens (tertiary/aromatic N) is 3. The van der Waals surface area contributed by atoms with Crippen molar-refractivity contribution in [2.75, 3.05) is 14.1 Å². The van der Waals surface area contributed by atoms with E-state index in [-0.39, 0.29) is 29.7 Å². The van der Waals surface area contributed by atoms with Gasteiger partial charge in [-0.2, -0.15) is 0 Å². The van der Waals surface area contributed by atoms with Gasteiger partial charge in [-0.3, -0.25) is 14.4 Å². The van der Waals surface area contributed by atoms with Crippen LogP contribution in [0.5, 0.6) is 5.75 Å². The molecule has 36 heavy (non-hydrogen) atoms. The van der Waals surface area contributed by atoms with Crippen molar-refractivity contribution < 1.29 is 34.8 Å². The predicted molar refractivity (Wildman–Crippen MR) is 125 cm³/mol. The molecule has 0 radical (unpaired) electrons. The van der Waals surface area contributed by atoms with Gasteiger partial charge in [-0.25, -0.2) is 9.97 Å². The molecule has 11 heteroatoms. The van der Waals surface area contributed by atoms with Crippen molar-refractivity contribution in [3.63, 3.8) is 0 Å². The van der Waals surface area contributed by atoms with Gasteiger partial charge < -0.3 is 31.1 Å². The molecule has 2 unspecified atom stereocenters. The zero-order valence-corrected chi connectivity index (χ0v) is 19.6. The summed E-state index contributed by atoms with van der Waals surface area (Å²) in [6.45, 7) is 0. The van der Waals surface area contributed by atoms with Gasteiger partial charge in [0, 0.05) is 35.5 Å². The van der Waals surface area contributed by atoms with Gasteiger partial charge >= 0.3 is 0 Å². The molecule has 1 saturated carbocycles. The number of phenolic OH excluding ortho intramolecular Hbond substituents is 1. The minimum Gasteiger partial charge on any atom is -0.508 e. The van der Waals surface area contributed by atoms with Gasteiger partial charge in [-0.05, 0) is 56.6 Å². The molecule has 1 aromatic heterocycles. The Morgan fingerprint density at radius 1 is 1.17 bits per heavy atom. The van der Waals surface area contributed by atoms with Crippen molar-refractivity contribution in [2.45, 2.75) is 30.6 Å². The standard InChI is InChI=1S/C25H26N4O7/c1-29(2)18-13-9-10-8-12-11(24-27-6-3-7-28-24)4-5-14(30)16(12)19(31)15(10)21(33)25(13,36)22(34)17(20(18)32)23(26)35/h3-7,10,13,17-18,20,30,32-33,36H,8-9H2,1-2H3,(H2,26,35)/t10-,13-,17?,18-,20?,25-/m0/s1. The van der Waals surface area contributed by atoms with Crippen molar-refractivity contribution in [3.05, 3.63) is 53.1 Å². The van der Waals surface area contributed by atoms with Gasteiger partial charge in [-0.15, -0.1) is 0 Å². The lowest BCUT2D eigenvalue weighted by Gasteiger charge is -2.53. The van der Waals surface area contributed by atoms with E-state index in [2.05, 4.69) is 9.97 Å². The first kappa shape index (κ1) is 24.0. The van der Waals surface area contributed by atoms with Crippen molar-refractivity contribution in [2.24, 2.45) is 23.5 Å². The Bertz CT molecular complexity index is 1330. The lowest BCUT2D eigenvalue weighted by Crippen LogP contribution is -2.71. The van der Waals surface area contributed by atoms with Crippen LogP contribution in [0.4, 0.5) is 0 Å². The molecular weight excluding hydrogens is 468 g/mol. The molecular formula is C25H26N4O7. The third kappa shape index (κ3) is 3.13. The molecule has 0 saturated heterocycles. The van der Waals surface area contributed by atoms with Crippen molar-refractivity contribution in [1.82, 2.24) is 14.9 Å². The fourth-order valence-electron chi connectivity index (χ4n) is 6.25. The average Bonchev–Trinajstić information content (AvgIpc) is 2.81. The number of nitrogens with two attached hydrogens (primary N) is 1. The zero-order chi connectivity index (χ0) is 26.1. The highest BCUT2D eigenvalue weighted by atomic mass is 16.3. The quantitative estimate of drug-likeness (QED) is 0.356. The number of hydrogen-bond acceptors (Lipinski definition) is 10. The van der Waals surface area contributed by atoms with E-state index in [1.165, 1.54) is 6.07 Å². The number of aromatic nitrogens is 2. The number of benzene rings is 1. The molecule has 3 aliphatic rings. The number of hydrogen-bond donors (Lipinski definition) is 5. The second-order valence-electron chi connectivity index (χ2n) is 9.85. The van der Waals surface area contributed by atoms with Crippen LogP contribution in [0.25, 0.3) is 11.4 Å². The summed E-state index contributed by atoms with van der Waals surface area (Å²) in [5.74, 6) is -7.33. The molecule has 0 aliphatic heterocycles. The Labute approximate surface area is 205 Å². The lowest BCUT2D eigenvalue weighted by atomic mass is 9.56. The molecule has 6 atom stereocenters. The Morgan fingerprint density at radius 2 is 1.83 bits per heavy atom. The molecule has 6 N–H and O–H groups in total. The van der Waals surface area contributed by atoms with E-state index in [0.29, 0.717) is 17.0 Å². The largest absolute Gasteiger partial charge is 0.508 e. The highest BCUT2D eigenvalue weighted by Gasteiger charge is 2.66.